The molecule has 4 heteroatoms. The molecule has 0 saturated carbocycles. The molecule has 2 rings (SSSR count). The fourth-order valence-corrected chi connectivity index (χ4v) is 3.80. The first kappa shape index (κ1) is 27.0. The van der Waals surface area contributed by atoms with Crippen LogP contribution in [-0.2, 0) is 19.3 Å². The lowest BCUT2D eigenvalue weighted by Gasteiger charge is -2.21. The lowest BCUT2D eigenvalue weighted by molar-refractivity contribution is -0.137. The first-order valence-electron chi connectivity index (χ1n) is 12.4. The molecule has 0 bridgehead atoms. The first-order chi connectivity index (χ1) is 15.9. The van der Waals surface area contributed by atoms with Crippen LogP contribution in [-0.4, -0.2) is 11.4 Å². The van der Waals surface area contributed by atoms with Gasteiger partial charge in [-0.1, -0.05) is 94.9 Å². The molecule has 0 fully saturated rings. The van der Waals surface area contributed by atoms with Crippen LogP contribution in [0.4, 0.5) is 13.2 Å². The molecule has 1 nitrogen and oxygen atoms in total. The fourth-order valence-electron chi connectivity index (χ4n) is 3.80. The summed E-state index contributed by atoms with van der Waals surface area (Å²) < 4.78 is 38.2. The highest BCUT2D eigenvalue weighted by Gasteiger charge is 2.29. The third kappa shape index (κ3) is 10.9. The molecule has 180 valence electrons. The van der Waals surface area contributed by atoms with Crippen LogP contribution in [0, 0.1) is 11.8 Å². The first-order valence-corrected chi connectivity index (χ1v) is 12.4. The standard InChI is InChI=1S/C29H38F3N/c1-3-5-6-7-8-9-10-11-12-13-14-25-15-17-26(18-16-25)23-33(4-2)24-27-19-21-28(22-20-27)29(30,31)32/h15-22H,3-12,23-24H2,1-2H3. The Kier molecular flexibility index (Phi) is 12.1. The van der Waals surface area contributed by atoms with Gasteiger partial charge in [0.25, 0.3) is 0 Å². The van der Waals surface area contributed by atoms with Crippen LogP contribution in [0.1, 0.15) is 93.9 Å². The Bertz CT molecular complexity index is 842. The minimum atomic E-state index is -4.29. The molecular formula is C29H38F3N. The van der Waals surface area contributed by atoms with Gasteiger partial charge in [-0.3, -0.25) is 4.90 Å². The molecular weight excluding hydrogens is 419 g/mol. The zero-order valence-corrected chi connectivity index (χ0v) is 20.2. The number of rotatable bonds is 13. The monoisotopic (exact) mass is 457 g/mol. The molecule has 0 aliphatic rings. The molecule has 0 atom stereocenters. The zero-order chi connectivity index (χ0) is 23.9. The number of hydrogen-bond acceptors (Lipinski definition) is 1. The molecule has 0 unspecified atom stereocenters. The molecule has 2 aromatic rings. The molecule has 0 aliphatic carbocycles. The smallest absolute Gasteiger partial charge is 0.295 e. The SMILES string of the molecule is CCCCCCCCCCC#Cc1ccc(CN(CC)Cc2ccc(C(F)(F)F)cc2)cc1. The van der Waals surface area contributed by atoms with Gasteiger partial charge in [0.15, 0.2) is 0 Å². The van der Waals surface area contributed by atoms with Gasteiger partial charge in [0.2, 0.25) is 0 Å². The number of unbranched alkanes of at least 4 members (excludes halogenated alkanes) is 8. The minimum Gasteiger partial charge on any atom is -0.295 e. The van der Waals surface area contributed by atoms with E-state index in [4.69, 9.17) is 0 Å². The van der Waals surface area contributed by atoms with Gasteiger partial charge in [-0.05, 0) is 48.4 Å². The van der Waals surface area contributed by atoms with Crippen LogP contribution in [0.25, 0.3) is 0 Å². The third-order valence-corrected chi connectivity index (χ3v) is 5.88. The second-order valence-corrected chi connectivity index (χ2v) is 8.72. The van der Waals surface area contributed by atoms with E-state index in [1.165, 1.54) is 56.9 Å². The van der Waals surface area contributed by atoms with E-state index in [2.05, 4.69) is 54.9 Å². The van der Waals surface area contributed by atoms with Crippen LogP contribution in [0.15, 0.2) is 48.5 Å². The Morgan fingerprint density at radius 3 is 1.73 bits per heavy atom. The van der Waals surface area contributed by atoms with Crippen LogP contribution in [0.2, 0.25) is 0 Å². The third-order valence-electron chi connectivity index (χ3n) is 5.88. The van der Waals surface area contributed by atoms with E-state index in [0.29, 0.717) is 6.54 Å². The maximum atomic E-state index is 12.7. The highest BCUT2D eigenvalue weighted by atomic mass is 19.4. The van der Waals surface area contributed by atoms with Gasteiger partial charge in [-0.15, -0.1) is 0 Å². The molecule has 0 spiro atoms. The van der Waals surface area contributed by atoms with E-state index in [-0.39, 0.29) is 0 Å². The molecule has 0 N–H and O–H groups in total. The Balaban J connectivity index is 1.74. The van der Waals surface area contributed by atoms with Gasteiger partial charge in [-0.25, -0.2) is 0 Å². The summed E-state index contributed by atoms with van der Waals surface area (Å²) in [7, 11) is 0. The minimum absolute atomic E-state index is 0.603. The summed E-state index contributed by atoms with van der Waals surface area (Å²) in [5, 5.41) is 0. The quantitative estimate of drug-likeness (QED) is 0.215. The van der Waals surface area contributed by atoms with E-state index in [9.17, 15) is 13.2 Å². The van der Waals surface area contributed by atoms with E-state index in [1.807, 2.05) is 0 Å². The highest BCUT2D eigenvalue weighted by Crippen LogP contribution is 2.29. The topological polar surface area (TPSA) is 3.24 Å². The predicted molar refractivity (Wildman–Crippen MR) is 132 cm³/mol. The Hall–Kier alpha value is -2.25. The van der Waals surface area contributed by atoms with Crippen molar-refractivity contribution >= 4 is 0 Å². The number of hydrogen-bond donors (Lipinski definition) is 0. The van der Waals surface area contributed by atoms with Crippen LogP contribution in [0.5, 0.6) is 0 Å². The summed E-state index contributed by atoms with van der Waals surface area (Å²) in [5.74, 6) is 6.55. The molecule has 2 aromatic carbocycles. The van der Waals surface area contributed by atoms with Crippen molar-refractivity contribution < 1.29 is 13.2 Å². The van der Waals surface area contributed by atoms with Crippen molar-refractivity contribution in [3.8, 4) is 11.8 Å². The summed E-state index contributed by atoms with van der Waals surface area (Å²) in [6.07, 6.45) is 7.18. The number of alkyl halides is 3. The van der Waals surface area contributed by atoms with Gasteiger partial charge in [0.05, 0.1) is 5.56 Å². The molecule has 0 amide bonds. The fraction of sp³-hybridized carbons (Fsp3) is 0.517. The average Bonchev–Trinajstić information content (AvgIpc) is 2.80. The Morgan fingerprint density at radius 2 is 1.21 bits per heavy atom. The molecule has 0 heterocycles. The van der Waals surface area contributed by atoms with Crippen molar-refractivity contribution in [2.75, 3.05) is 6.54 Å². The van der Waals surface area contributed by atoms with Crippen molar-refractivity contribution in [3.05, 3.63) is 70.8 Å². The van der Waals surface area contributed by atoms with E-state index < -0.39 is 11.7 Å². The molecule has 0 aromatic heterocycles. The zero-order valence-electron chi connectivity index (χ0n) is 20.2. The maximum Gasteiger partial charge on any atom is 0.416 e. The summed E-state index contributed by atoms with van der Waals surface area (Å²) in [5.41, 5.74) is 2.49. The van der Waals surface area contributed by atoms with Crippen molar-refractivity contribution in [3.63, 3.8) is 0 Å². The van der Waals surface area contributed by atoms with E-state index in [0.717, 1.165) is 42.8 Å². The normalized spacial score (nSPS) is 11.5. The van der Waals surface area contributed by atoms with Gasteiger partial charge < -0.3 is 0 Å². The van der Waals surface area contributed by atoms with Gasteiger partial charge in [-0.2, -0.15) is 13.2 Å². The van der Waals surface area contributed by atoms with Crippen LogP contribution in [0.3, 0.4) is 0 Å². The summed E-state index contributed by atoms with van der Waals surface area (Å²) in [6.45, 7) is 6.51. The lowest BCUT2D eigenvalue weighted by Crippen LogP contribution is -2.22. The summed E-state index contributed by atoms with van der Waals surface area (Å²) in [4.78, 5) is 2.21. The highest BCUT2D eigenvalue weighted by molar-refractivity contribution is 5.36. The Labute approximate surface area is 198 Å². The lowest BCUT2D eigenvalue weighted by atomic mass is 10.1. The summed E-state index contributed by atoms with van der Waals surface area (Å²) in [6, 6.07) is 13.7. The Morgan fingerprint density at radius 1 is 0.697 bits per heavy atom. The largest absolute Gasteiger partial charge is 0.416 e. The van der Waals surface area contributed by atoms with Crippen LogP contribution >= 0.6 is 0 Å². The number of benzene rings is 2. The van der Waals surface area contributed by atoms with E-state index >= 15 is 0 Å². The van der Waals surface area contributed by atoms with Crippen molar-refractivity contribution in [2.45, 2.75) is 90.9 Å². The van der Waals surface area contributed by atoms with Gasteiger partial charge >= 0.3 is 6.18 Å². The molecule has 33 heavy (non-hydrogen) atoms. The van der Waals surface area contributed by atoms with Gasteiger partial charge in [0.1, 0.15) is 0 Å². The van der Waals surface area contributed by atoms with E-state index in [1.54, 1.807) is 12.1 Å². The molecule has 0 saturated heterocycles. The van der Waals surface area contributed by atoms with Crippen molar-refractivity contribution in [1.29, 1.82) is 0 Å². The van der Waals surface area contributed by atoms with Gasteiger partial charge in [0, 0.05) is 25.1 Å². The van der Waals surface area contributed by atoms with Crippen molar-refractivity contribution in [1.82, 2.24) is 4.90 Å². The summed E-state index contributed by atoms with van der Waals surface area (Å²) >= 11 is 0. The average molecular weight is 458 g/mol. The van der Waals surface area contributed by atoms with Crippen molar-refractivity contribution in [2.24, 2.45) is 0 Å². The second-order valence-electron chi connectivity index (χ2n) is 8.72. The van der Waals surface area contributed by atoms with Crippen LogP contribution < -0.4 is 0 Å². The second kappa shape index (κ2) is 14.8. The molecule has 0 aliphatic heterocycles. The predicted octanol–water partition coefficient (Wildman–Crippen LogP) is 8.61. The molecule has 0 radical (unpaired) electrons. The number of nitrogens with zero attached hydrogens (tertiary/aromatic N) is 1. The maximum absolute atomic E-state index is 12.7. The number of halogens is 3.